The highest BCUT2D eigenvalue weighted by atomic mass is 16.3. The largest absolute Gasteiger partial charge is 0.462 e. The molecule has 2 N–H and O–H groups in total. The number of amides is 2. The number of hydrogen-bond donors (Lipinski definition) is 2. The molecule has 2 heterocycles. The monoisotopic (exact) mass is 339 g/mol. The summed E-state index contributed by atoms with van der Waals surface area (Å²) in [4.78, 5) is 25.3. The molecule has 0 atom stereocenters. The summed E-state index contributed by atoms with van der Waals surface area (Å²) in [6, 6.07) is 11.5. The summed E-state index contributed by atoms with van der Waals surface area (Å²) in [7, 11) is 0. The molecule has 1 saturated heterocycles. The van der Waals surface area contributed by atoms with Crippen molar-refractivity contribution in [3.63, 3.8) is 0 Å². The van der Waals surface area contributed by atoms with Gasteiger partial charge in [-0.15, -0.1) is 0 Å². The van der Waals surface area contributed by atoms with Crippen molar-refractivity contribution in [2.45, 2.75) is 13.5 Å². The highest BCUT2D eigenvalue weighted by Gasteiger charge is 2.16. The summed E-state index contributed by atoms with van der Waals surface area (Å²) < 4.78 is 5.38. The molecule has 1 fully saturated rings. The molecule has 0 unspecified atom stereocenters. The topological polar surface area (TPSA) is 74.6 Å². The van der Waals surface area contributed by atoms with Crippen LogP contribution in [-0.2, 0) is 16.1 Å². The van der Waals surface area contributed by atoms with E-state index in [1.807, 2.05) is 48.2 Å². The maximum absolute atomic E-state index is 11.9. The third-order valence-corrected chi connectivity index (χ3v) is 3.97. The molecule has 1 aromatic carbocycles. The molecule has 2 amide bonds. The van der Waals surface area contributed by atoms with Gasteiger partial charge in [-0.25, -0.2) is 0 Å². The summed E-state index contributed by atoms with van der Waals surface area (Å²) in [6.45, 7) is 4.16. The predicted octanol–water partition coefficient (Wildman–Crippen LogP) is 1.85. The number of piperazine rings is 1. The number of benzene rings is 1. The van der Waals surface area contributed by atoms with Gasteiger partial charge in [-0.1, -0.05) is 12.1 Å². The zero-order valence-electron chi connectivity index (χ0n) is 14.1. The third-order valence-electron chi connectivity index (χ3n) is 3.97. The fraction of sp³-hybridized carbons (Fsp3) is 0.263. The van der Waals surface area contributed by atoms with E-state index in [4.69, 9.17) is 4.42 Å². The molecule has 25 heavy (non-hydrogen) atoms. The Hall–Kier alpha value is -3.02. The molecule has 1 aromatic heterocycles. The van der Waals surface area contributed by atoms with Gasteiger partial charge in [-0.2, -0.15) is 0 Å². The Morgan fingerprint density at radius 1 is 1.28 bits per heavy atom. The number of nitrogens with zero attached hydrogens (tertiary/aromatic N) is 1. The molecule has 6 heteroatoms. The first kappa shape index (κ1) is 16.8. The van der Waals surface area contributed by atoms with Crippen LogP contribution in [-0.4, -0.2) is 31.4 Å². The molecule has 6 nitrogen and oxygen atoms in total. The summed E-state index contributed by atoms with van der Waals surface area (Å²) in [5.41, 5.74) is 2.01. The molecule has 2 aromatic rings. The Kier molecular flexibility index (Phi) is 5.18. The molecule has 130 valence electrons. The van der Waals surface area contributed by atoms with E-state index in [1.54, 1.807) is 6.08 Å². The molecular formula is C19H21N3O3. The normalized spacial score (nSPS) is 14.6. The van der Waals surface area contributed by atoms with Crippen molar-refractivity contribution < 1.29 is 14.0 Å². The minimum Gasteiger partial charge on any atom is -0.462 e. The lowest BCUT2D eigenvalue weighted by Crippen LogP contribution is -2.47. The van der Waals surface area contributed by atoms with E-state index >= 15 is 0 Å². The van der Waals surface area contributed by atoms with Gasteiger partial charge in [-0.05, 0) is 42.8 Å². The number of hydrogen-bond acceptors (Lipinski definition) is 4. The van der Waals surface area contributed by atoms with Gasteiger partial charge in [0.05, 0.1) is 6.54 Å². The predicted molar refractivity (Wildman–Crippen MR) is 96.0 cm³/mol. The van der Waals surface area contributed by atoms with E-state index in [0.717, 1.165) is 23.6 Å². The molecular weight excluding hydrogens is 318 g/mol. The quantitative estimate of drug-likeness (QED) is 0.816. The van der Waals surface area contributed by atoms with Gasteiger partial charge in [0, 0.05) is 31.4 Å². The van der Waals surface area contributed by atoms with E-state index in [0.29, 0.717) is 25.4 Å². The SMILES string of the molecule is Cc1ccc(C=CC(=O)NCc2ccc(N3CCNC(=O)C3)cc2)o1. The Morgan fingerprint density at radius 3 is 2.76 bits per heavy atom. The van der Waals surface area contributed by atoms with Crippen LogP contribution >= 0.6 is 0 Å². The van der Waals surface area contributed by atoms with Crippen LogP contribution in [0.5, 0.6) is 0 Å². The smallest absolute Gasteiger partial charge is 0.244 e. The first-order valence-electron chi connectivity index (χ1n) is 8.23. The van der Waals surface area contributed by atoms with E-state index in [9.17, 15) is 9.59 Å². The lowest BCUT2D eigenvalue weighted by molar-refractivity contribution is -0.120. The summed E-state index contributed by atoms with van der Waals surface area (Å²) >= 11 is 0. The average molecular weight is 339 g/mol. The van der Waals surface area contributed by atoms with Gasteiger partial charge in [0.25, 0.3) is 0 Å². The zero-order valence-corrected chi connectivity index (χ0v) is 14.1. The van der Waals surface area contributed by atoms with Crippen LogP contribution in [0.1, 0.15) is 17.1 Å². The fourth-order valence-corrected chi connectivity index (χ4v) is 2.63. The van der Waals surface area contributed by atoms with Crippen molar-refractivity contribution in [1.82, 2.24) is 10.6 Å². The summed E-state index contributed by atoms with van der Waals surface area (Å²) in [6.07, 6.45) is 3.10. The lowest BCUT2D eigenvalue weighted by atomic mass is 10.2. The van der Waals surface area contributed by atoms with Gasteiger partial charge in [-0.3, -0.25) is 9.59 Å². The lowest BCUT2D eigenvalue weighted by Gasteiger charge is -2.28. The first-order valence-corrected chi connectivity index (χ1v) is 8.23. The summed E-state index contributed by atoms with van der Waals surface area (Å²) in [5, 5.41) is 5.65. The number of carbonyl (C=O) groups excluding carboxylic acids is 2. The van der Waals surface area contributed by atoms with Gasteiger partial charge >= 0.3 is 0 Å². The Balaban J connectivity index is 1.50. The Labute approximate surface area is 146 Å². The third kappa shape index (κ3) is 4.73. The molecule has 0 saturated carbocycles. The number of carbonyl (C=O) groups is 2. The highest BCUT2D eigenvalue weighted by molar-refractivity contribution is 5.91. The molecule has 0 spiro atoms. The van der Waals surface area contributed by atoms with Gasteiger partial charge in [0.15, 0.2) is 0 Å². The first-order chi connectivity index (χ1) is 12.1. The Morgan fingerprint density at radius 2 is 2.08 bits per heavy atom. The second-order valence-electron chi connectivity index (χ2n) is 5.94. The summed E-state index contributed by atoms with van der Waals surface area (Å²) in [5.74, 6) is 1.33. The molecule has 0 bridgehead atoms. The molecule has 1 aliphatic heterocycles. The Bertz CT molecular complexity index is 777. The number of anilines is 1. The van der Waals surface area contributed by atoms with Crippen LogP contribution in [0.25, 0.3) is 6.08 Å². The van der Waals surface area contributed by atoms with Crippen molar-refractivity contribution >= 4 is 23.6 Å². The maximum atomic E-state index is 11.9. The van der Waals surface area contributed by atoms with Gasteiger partial charge < -0.3 is 20.0 Å². The van der Waals surface area contributed by atoms with Crippen molar-refractivity contribution in [1.29, 1.82) is 0 Å². The van der Waals surface area contributed by atoms with E-state index < -0.39 is 0 Å². The van der Waals surface area contributed by atoms with Crippen molar-refractivity contribution in [3.8, 4) is 0 Å². The number of furan rings is 1. The standard InChI is InChI=1S/C19H21N3O3/c1-14-2-7-17(25-14)8-9-18(23)21-12-15-3-5-16(6-4-15)22-11-10-20-19(24)13-22/h2-9H,10-13H2,1H3,(H,20,24)(H,21,23). The van der Waals surface area contributed by atoms with Crippen molar-refractivity contribution in [2.24, 2.45) is 0 Å². The molecule has 1 aliphatic rings. The zero-order chi connectivity index (χ0) is 17.6. The molecule has 3 rings (SSSR count). The molecule has 0 radical (unpaired) electrons. The van der Waals surface area contributed by atoms with Gasteiger partial charge in [0.2, 0.25) is 11.8 Å². The van der Waals surface area contributed by atoms with Gasteiger partial charge in [0.1, 0.15) is 11.5 Å². The van der Waals surface area contributed by atoms with Crippen LogP contribution in [0.2, 0.25) is 0 Å². The van der Waals surface area contributed by atoms with Crippen LogP contribution in [0.4, 0.5) is 5.69 Å². The second kappa shape index (κ2) is 7.70. The van der Waals surface area contributed by atoms with Crippen LogP contribution in [0.3, 0.4) is 0 Å². The molecule has 0 aliphatic carbocycles. The highest BCUT2D eigenvalue weighted by Crippen LogP contribution is 2.16. The fourth-order valence-electron chi connectivity index (χ4n) is 2.63. The van der Waals surface area contributed by atoms with E-state index in [-0.39, 0.29) is 11.8 Å². The van der Waals surface area contributed by atoms with Crippen LogP contribution in [0.15, 0.2) is 46.9 Å². The average Bonchev–Trinajstić information content (AvgIpc) is 3.04. The minimum absolute atomic E-state index is 0.0427. The van der Waals surface area contributed by atoms with Crippen LogP contribution in [0, 0.1) is 6.92 Å². The van der Waals surface area contributed by atoms with Crippen molar-refractivity contribution in [3.05, 3.63) is 59.6 Å². The number of aryl methyl sites for hydroxylation is 1. The number of nitrogens with one attached hydrogen (secondary N) is 2. The van der Waals surface area contributed by atoms with E-state index in [2.05, 4.69) is 10.6 Å². The second-order valence-corrected chi connectivity index (χ2v) is 5.94. The number of rotatable bonds is 5. The minimum atomic E-state index is -0.175. The van der Waals surface area contributed by atoms with Crippen LogP contribution < -0.4 is 15.5 Å². The van der Waals surface area contributed by atoms with Crippen molar-refractivity contribution in [2.75, 3.05) is 24.5 Å². The maximum Gasteiger partial charge on any atom is 0.244 e. The van der Waals surface area contributed by atoms with E-state index in [1.165, 1.54) is 6.08 Å².